The topological polar surface area (TPSA) is 102 Å². The summed E-state index contributed by atoms with van der Waals surface area (Å²) in [5.41, 5.74) is 2.35. The van der Waals surface area contributed by atoms with Crippen LogP contribution >= 0.6 is 0 Å². The lowest BCUT2D eigenvalue weighted by Crippen LogP contribution is -2.25. The van der Waals surface area contributed by atoms with Gasteiger partial charge in [0.05, 0.1) is 0 Å². The minimum atomic E-state index is -0.391. The Hall–Kier alpha value is -3.29. The van der Waals surface area contributed by atoms with Crippen molar-refractivity contribution in [2.45, 2.75) is 6.92 Å². The first-order chi connectivity index (χ1) is 11.1. The molecule has 0 spiro atoms. The molecule has 0 atom stereocenters. The van der Waals surface area contributed by atoms with Gasteiger partial charge >= 0.3 is 6.03 Å². The number of nitrogens with one attached hydrogen (secondary N) is 2. The molecule has 2 N–H and O–H groups in total. The second-order valence-corrected chi connectivity index (χ2v) is 4.82. The van der Waals surface area contributed by atoms with E-state index in [0.717, 1.165) is 5.69 Å². The van der Waals surface area contributed by atoms with E-state index in [1.165, 1.54) is 20.3 Å². The van der Waals surface area contributed by atoms with Crippen LogP contribution in [0.4, 0.5) is 10.6 Å². The van der Waals surface area contributed by atoms with E-state index >= 15 is 0 Å². The van der Waals surface area contributed by atoms with Crippen LogP contribution in [0.25, 0.3) is 16.9 Å². The Kier molecular flexibility index (Phi) is 3.71. The summed E-state index contributed by atoms with van der Waals surface area (Å²) >= 11 is 0. The van der Waals surface area contributed by atoms with E-state index in [0.29, 0.717) is 22.5 Å². The number of urea groups is 1. The average molecular weight is 310 g/mol. The fraction of sp³-hybridized carbons (Fsp3) is 0.133. The van der Waals surface area contributed by atoms with Gasteiger partial charge in [-0.25, -0.2) is 19.7 Å². The van der Waals surface area contributed by atoms with E-state index in [9.17, 15) is 9.59 Å². The first-order valence-corrected chi connectivity index (χ1v) is 6.88. The smallest absolute Gasteiger partial charge is 0.320 e. The maximum absolute atomic E-state index is 11.5. The van der Waals surface area contributed by atoms with Crippen molar-refractivity contribution >= 4 is 28.8 Å². The van der Waals surface area contributed by atoms with Crippen molar-refractivity contribution in [3.63, 3.8) is 0 Å². The number of benzene rings is 1. The highest BCUT2D eigenvalue weighted by molar-refractivity contribution is 5.96. The fourth-order valence-electron chi connectivity index (χ4n) is 2.16. The number of aromatic nitrogens is 4. The van der Waals surface area contributed by atoms with E-state index in [1.807, 2.05) is 6.07 Å². The van der Waals surface area contributed by atoms with Gasteiger partial charge in [0.15, 0.2) is 22.8 Å². The van der Waals surface area contributed by atoms with Crippen LogP contribution in [-0.4, -0.2) is 38.4 Å². The molecule has 0 saturated heterocycles. The zero-order valence-corrected chi connectivity index (χ0v) is 12.6. The summed E-state index contributed by atoms with van der Waals surface area (Å²) in [5.74, 6) is 0.295. The van der Waals surface area contributed by atoms with Gasteiger partial charge < -0.3 is 5.32 Å². The van der Waals surface area contributed by atoms with Gasteiger partial charge in [-0.1, -0.05) is 12.1 Å². The third-order valence-corrected chi connectivity index (χ3v) is 3.32. The standard InChI is InChI=1S/C15H14N6O2/c1-9(22)10-4-3-5-11(6-10)21-8-19-12-13(20-15(23)16-2)17-7-18-14(12)21/h3-8H,1-2H3,(H2,16,17,18,20,23). The van der Waals surface area contributed by atoms with Crippen molar-refractivity contribution in [2.75, 3.05) is 12.4 Å². The van der Waals surface area contributed by atoms with Gasteiger partial charge in [-0.15, -0.1) is 0 Å². The van der Waals surface area contributed by atoms with E-state index in [2.05, 4.69) is 25.6 Å². The van der Waals surface area contributed by atoms with Gasteiger partial charge in [0, 0.05) is 18.3 Å². The number of rotatable bonds is 3. The molecule has 116 valence electrons. The van der Waals surface area contributed by atoms with Gasteiger partial charge in [0.25, 0.3) is 0 Å². The number of imidazole rings is 1. The van der Waals surface area contributed by atoms with Crippen LogP contribution in [-0.2, 0) is 0 Å². The van der Waals surface area contributed by atoms with Crippen LogP contribution in [0.5, 0.6) is 0 Å². The van der Waals surface area contributed by atoms with E-state index in [4.69, 9.17) is 0 Å². The number of carbonyl (C=O) groups excluding carboxylic acids is 2. The third-order valence-electron chi connectivity index (χ3n) is 3.32. The molecule has 2 heterocycles. The Morgan fingerprint density at radius 3 is 2.74 bits per heavy atom. The number of carbonyl (C=O) groups is 2. The molecule has 0 aliphatic heterocycles. The summed E-state index contributed by atoms with van der Waals surface area (Å²) in [6.07, 6.45) is 2.92. The molecule has 1 aromatic carbocycles. The molecule has 0 radical (unpaired) electrons. The number of amides is 2. The molecular formula is C15H14N6O2. The van der Waals surface area contributed by atoms with E-state index in [-0.39, 0.29) is 5.78 Å². The molecule has 3 rings (SSSR count). The molecule has 0 aliphatic carbocycles. The first-order valence-electron chi connectivity index (χ1n) is 6.88. The molecule has 8 heteroatoms. The minimum Gasteiger partial charge on any atom is -0.341 e. The zero-order valence-electron chi connectivity index (χ0n) is 12.6. The van der Waals surface area contributed by atoms with Crippen LogP contribution in [0, 0.1) is 0 Å². The number of hydrogen-bond donors (Lipinski definition) is 2. The second-order valence-electron chi connectivity index (χ2n) is 4.82. The van der Waals surface area contributed by atoms with Gasteiger partial charge in [0.1, 0.15) is 12.7 Å². The number of anilines is 1. The van der Waals surface area contributed by atoms with Crippen molar-refractivity contribution in [3.8, 4) is 5.69 Å². The molecule has 8 nitrogen and oxygen atoms in total. The van der Waals surface area contributed by atoms with E-state index < -0.39 is 6.03 Å². The van der Waals surface area contributed by atoms with Gasteiger partial charge in [-0.2, -0.15) is 0 Å². The Morgan fingerprint density at radius 1 is 1.17 bits per heavy atom. The summed E-state index contributed by atoms with van der Waals surface area (Å²) in [4.78, 5) is 35.5. The number of Topliss-reactive ketones (excluding diaryl/α,β-unsaturated/α-hetero) is 1. The van der Waals surface area contributed by atoms with Crippen molar-refractivity contribution in [2.24, 2.45) is 0 Å². The summed E-state index contributed by atoms with van der Waals surface area (Å²) in [5, 5.41) is 5.05. The lowest BCUT2D eigenvalue weighted by Gasteiger charge is -2.06. The molecule has 0 aliphatic rings. The number of nitrogens with zero attached hydrogens (tertiary/aromatic N) is 4. The molecule has 3 aromatic rings. The van der Waals surface area contributed by atoms with Crippen LogP contribution in [0.2, 0.25) is 0 Å². The average Bonchev–Trinajstić information content (AvgIpc) is 3.00. The minimum absolute atomic E-state index is 0.0205. The maximum atomic E-state index is 11.5. The molecule has 0 fully saturated rings. The highest BCUT2D eigenvalue weighted by Gasteiger charge is 2.13. The van der Waals surface area contributed by atoms with Crippen LogP contribution in [0.15, 0.2) is 36.9 Å². The molecule has 2 amide bonds. The Labute approximate surface area is 131 Å². The normalized spacial score (nSPS) is 10.5. The van der Waals surface area contributed by atoms with Gasteiger partial charge in [-0.3, -0.25) is 14.7 Å². The summed E-state index contributed by atoms with van der Waals surface area (Å²) in [7, 11) is 1.51. The molecular weight excluding hydrogens is 296 g/mol. The Bertz CT molecular complexity index is 902. The van der Waals surface area contributed by atoms with Crippen molar-refractivity contribution in [1.29, 1.82) is 0 Å². The maximum Gasteiger partial charge on any atom is 0.320 e. The van der Waals surface area contributed by atoms with Crippen molar-refractivity contribution in [1.82, 2.24) is 24.8 Å². The highest BCUT2D eigenvalue weighted by Crippen LogP contribution is 2.21. The zero-order chi connectivity index (χ0) is 16.4. The van der Waals surface area contributed by atoms with Gasteiger partial charge in [-0.05, 0) is 19.1 Å². The lowest BCUT2D eigenvalue weighted by atomic mass is 10.1. The lowest BCUT2D eigenvalue weighted by molar-refractivity contribution is 0.101. The summed E-state index contributed by atoms with van der Waals surface area (Å²) < 4.78 is 1.73. The largest absolute Gasteiger partial charge is 0.341 e. The van der Waals surface area contributed by atoms with Gasteiger partial charge in [0.2, 0.25) is 0 Å². The molecule has 23 heavy (non-hydrogen) atoms. The predicted molar refractivity (Wildman–Crippen MR) is 84.7 cm³/mol. The fourth-order valence-corrected chi connectivity index (χ4v) is 2.16. The summed E-state index contributed by atoms with van der Waals surface area (Å²) in [6.45, 7) is 1.51. The van der Waals surface area contributed by atoms with Crippen LogP contribution in [0.1, 0.15) is 17.3 Å². The van der Waals surface area contributed by atoms with Crippen molar-refractivity contribution < 1.29 is 9.59 Å². The molecule has 0 saturated carbocycles. The SMILES string of the molecule is CNC(=O)Nc1ncnc2c1ncn2-c1cccc(C(C)=O)c1. The number of ketones is 1. The quantitative estimate of drug-likeness (QED) is 0.718. The van der Waals surface area contributed by atoms with Crippen LogP contribution < -0.4 is 10.6 Å². The predicted octanol–water partition coefficient (Wildman–Crippen LogP) is 1.77. The number of fused-ring (bicyclic) bond motifs is 1. The third kappa shape index (κ3) is 2.73. The van der Waals surface area contributed by atoms with Crippen molar-refractivity contribution in [3.05, 3.63) is 42.5 Å². The Balaban J connectivity index is 2.10. The Morgan fingerprint density at radius 2 is 2.00 bits per heavy atom. The molecule has 0 bridgehead atoms. The monoisotopic (exact) mass is 310 g/mol. The first kappa shape index (κ1) is 14.6. The molecule has 2 aromatic heterocycles. The molecule has 0 unspecified atom stereocenters. The van der Waals surface area contributed by atoms with Crippen LogP contribution in [0.3, 0.4) is 0 Å². The number of hydrogen-bond acceptors (Lipinski definition) is 5. The highest BCUT2D eigenvalue weighted by atomic mass is 16.2. The second kappa shape index (κ2) is 5.84. The van der Waals surface area contributed by atoms with E-state index in [1.54, 1.807) is 29.1 Å². The summed E-state index contributed by atoms with van der Waals surface area (Å²) in [6, 6.07) is 6.76.